The van der Waals surface area contributed by atoms with Gasteiger partial charge < -0.3 is 39.4 Å². The summed E-state index contributed by atoms with van der Waals surface area (Å²) >= 11 is 0. The van der Waals surface area contributed by atoms with Crippen molar-refractivity contribution in [3.05, 3.63) is 60.2 Å². The molecule has 226 valence electrons. The minimum Gasteiger partial charge on any atom is -0.497 e. The molecule has 14 heteroatoms. The van der Waals surface area contributed by atoms with E-state index in [2.05, 4.69) is 10.4 Å². The Hall–Kier alpha value is -3.03. The van der Waals surface area contributed by atoms with Crippen molar-refractivity contribution in [3.8, 4) is 11.5 Å². The number of hydrogen-bond acceptors (Lipinski definition) is 11. The quantitative estimate of drug-likeness (QED) is 0.166. The fourth-order valence-electron chi connectivity index (χ4n) is 3.97. The molecule has 1 heterocycles. The molecule has 0 bridgehead atoms. The summed E-state index contributed by atoms with van der Waals surface area (Å²) in [4.78, 5) is 24.4. The van der Waals surface area contributed by atoms with Gasteiger partial charge in [0, 0.05) is 6.92 Å². The Balaban J connectivity index is 1.78. The average Bonchev–Trinajstić information content (AvgIpc) is 2.94. The summed E-state index contributed by atoms with van der Waals surface area (Å²) in [6.45, 7) is 3.95. The second-order valence-electron chi connectivity index (χ2n) is 9.78. The zero-order chi connectivity index (χ0) is 30.2. The van der Waals surface area contributed by atoms with E-state index in [-0.39, 0.29) is 12.4 Å². The molecule has 1 fully saturated rings. The van der Waals surface area contributed by atoms with Crippen molar-refractivity contribution in [3.63, 3.8) is 0 Å². The number of aliphatic hydroxyl groups is 3. The molecule has 2 aromatic carbocycles. The third-order valence-electron chi connectivity index (χ3n) is 6.23. The lowest BCUT2D eigenvalue weighted by atomic mass is 9.97. The summed E-state index contributed by atoms with van der Waals surface area (Å²) in [5.41, 5.74) is 0.760. The van der Waals surface area contributed by atoms with Crippen LogP contribution in [-0.4, -0.2) is 77.6 Å². The largest absolute Gasteiger partial charge is 0.497 e. The molecule has 1 amide bonds. The van der Waals surface area contributed by atoms with E-state index in [4.69, 9.17) is 23.3 Å². The highest BCUT2D eigenvalue weighted by Gasteiger charge is 2.46. The van der Waals surface area contributed by atoms with Crippen LogP contribution in [-0.2, 0) is 34.8 Å². The Kier molecular flexibility index (Phi) is 11.7. The standard InChI is InChI=1S/C27H37N2O11P/c1-16(2)22(26(33)37-14-18-8-6-5-7-9-18)29-41(35,40-20-12-10-19(36-4)11-13-20)38-15-21-24(31)25(32)23(27(34)39-21)28-17(3)30/h5-13,16,21-25,27,31-32,34H,14-15H2,1-4H3,(H,28,30)(H,29,35)/t21-,22+,23-,24-,25-,27+,41?/m1/s1. The Bertz CT molecular complexity index is 1180. The van der Waals surface area contributed by atoms with E-state index in [0.29, 0.717) is 5.75 Å². The molecule has 5 N–H and O–H groups in total. The van der Waals surface area contributed by atoms with Gasteiger partial charge in [-0.25, -0.2) is 4.57 Å². The number of nitrogens with one attached hydrogen (secondary N) is 2. The number of benzene rings is 2. The zero-order valence-electron chi connectivity index (χ0n) is 23.2. The summed E-state index contributed by atoms with van der Waals surface area (Å²) in [6.07, 6.45) is -6.33. The van der Waals surface area contributed by atoms with Gasteiger partial charge in [0.15, 0.2) is 6.29 Å². The maximum absolute atomic E-state index is 14.0. The molecule has 0 saturated carbocycles. The number of esters is 1. The number of hydrogen-bond donors (Lipinski definition) is 5. The van der Waals surface area contributed by atoms with E-state index in [1.807, 2.05) is 6.07 Å². The SMILES string of the molecule is COc1ccc(OP(=O)(N[C@H](C(=O)OCc2ccccc2)C(C)C)OC[C@H]2O[C@H](O)[C@H](NC(C)=O)[C@@H](O)[C@@H]2O)cc1. The molecule has 1 unspecified atom stereocenters. The first-order chi connectivity index (χ1) is 19.4. The molecule has 7 atom stereocenters. The van der Waals surface area contributed by atoms with Gasteiger partial charge in [-0.2, -0.15) is 5.09 Å². The van der Waals surface area contributed by atoms with Crippen LogP contribution in [0.25, 0.3) is 0 Å². The molecule has 0 radical (unpaired) electrons. The van der Waals surface area contributed by atoms with Gasteiger partial charge in [-0.15, -0.1) is 0 Å². The lowest BCUT2D eigenvalue weighted by molar-refractivity contribution is -0.252. The molecule has 13 nitrogen and oxygen atoms in total. The van der Waals surface area contributed by atoms with Crippen molar-refractivity contribution in [2.45, 2.75) is 64.1 Å². The van der Waals surface area contributed by atoms with Crippen molar-refractivity contribution in [1.29, 1.82) is 0 Å². The van der Waals surface area contributed by atoms with Crippen LogP contribution in [0.1, 0.15) is 26.3 Å². The topological polar surface area (TPSA) is 182 Å². The predicted molar refractivity (Wildman–Crippen MR) is 146 cm³/mol. The number of aliphatic hydroxyl groups excluding tert-OH is 3. The van der Waals surface area contributed by atoms with Crippen LogP contribution in [0.5, 0.6) is 11.5 Å². The van der Waals surface area contributed by atoms with E-state index in [1.54, 1.807) is 50.2 Å². The number of carbonyl (C=O) groups excluding carboxylic acids is 2. The summed E-state index contributed by atoms with van der Waals surface area (Å²) in [5, 5.41) is 36.2. The van der Waals surface area contributed by atoms with Crippen molar-refractivity contribution in [2.24, 2.45) is 5.92 Å². The fraction of sp³-hybridized carbons (Fsp3) is 0.481. The molecule has 2 aromatic rings. The van der Waals surface area contributed by atoms with Gasteiger partial charge in [0.1, 0.15) is 48.5 Å². The highest BCUT2D eigenvalue weighted by atomic mass is 31.2. The summed E-state index contributed by atoms with van der Waals surface area (Å²) < 4.78 is 41.2. The van der Waals surface area contributed by atoms with Crippen molar-refractivity contribution in [2.75, 3.05) is 13.7 Å². The number of carbonyl (C=O) groups is 2. The van der Waals surface area contributed by atoms with Gasteiger partial charge in [-0.1, -0.05) is 44.2 Å². The maximum atomic E-state index is 14.0. The minimum atomic E-state index is -4.41. The molecule has 0 aliphatic carbocycles. The molecule has 0 aromatic heterocycles. The summed E-state index contributed by atoms with van der Waals surface area (Å²) in [6, 6.07) is 12.7. The van der Waals surface area contributed by atoms with Crippen molar-refractivity contribution < 1.29 is 52.7 Å². The average molecular weight is 597 g/mol. The molecule has 0 spiro atoms. The summed E-state index contributed by atoms with van der Waals surface area (Å²) in [5.74, 6) is -1.06. The number of methoxy groups -OCH3 is 1. The highest BCUT2D eigenvalue weighted by Crippen LogP contribution is 2.46. The van der Waals surface area contributed by atoms with E-state index >= 15 is 0 Å². The fourth-order valence-corrected chi connectivity index (χ4v) is 5.64. The smallest absolute Gasteiger partial charge is 0.459 e. The van der Waals surface area contributed by atoms with Crippen LogP contribution < -0.4 is 19.7 Å². The lowest BCUT2D eigenvalue weighted by Gasteiger charge is -2.40. The first-order valence-electron chi connectivity index (χ1n) is 13.0. The Morgan fingerprint density at radius 2 is 1.63 bits per heavy atom. The number of rotatable bonds is 13. The molecule has 1 aliphatic rings. The van der Waals surface area contributed by atoms with Gasteiger partial charge in [0.2, 0.25) is 5.91 Å². The zero-order valence-corrected chi connectivity index (χ0v) is 24.1. The van der Waals surface area contributed by atoms with Gasteiger partial charge >= 0.3 is 13.7 Å². The second-order valence-corrected chi connectivity index (χ2v) is 11.5. The number of amides is 1. The minimum absolute atomic E-state index is 0.0115. The van der Waals surface area contributed by atoms with Gasteiger partial charge in [0.05, 0.1) is 13.7 Å². The second kappa shape index (κ2) is 14.7. The molecule has 3 rings (SSSR count). The molecular weight excluding hydrogens is 559 g/mol. The predicted octanol–water partition coefficient (Wildman–Crippen LogP) is 1.50. The molecule has 1 saturated heterocycles. The van der Waals surface area contributed by atoms with Crippen LogP contribution in [0.4, 0.5) is 0 Å². The molecule has 1 aliphatic heterocycles. The summed E-state index contributed by atoms with van der Waals surface area (Å²) in [7, 11) is -2.93. The van der Waals surface area contributed by atoms with E-state index in [1.165, 1.54) is 26.2 Å². The first-order valence-corrected chi connectivity index (χ1v) is 14.5. The van der Waals surface area contributed by atoms with Crippen LogP contribution >= 0.6 is 7.75 Å². The van der Waals surface area contributed by atoms with Crippen LogP contribution in [0.2, 0.25) is 0 Å². The Labute approximate surface area is 238 Å². The number of ether oxygens (including phenoxy) is 3. The Morgan fingerprint density at radius 1 is 1.00 bits per heavy atom. The lowest BCUT2D eigenvalue weighted by Crippen LogP contribution is -2.64. The van der Waals surface area contributed by atoms with Crippen LogP contribution in [0, 0.1) is 5.92 Å². The first kappa shape index (κ1) is 32.5. The molecular formula is C27H37N2O11P. The monoisotopic (exact) mass is 596 g/mol. The third kappa shape index (κ3) is 9.23. The normalized spacial score (nSPS) is 24.6. The third-order valence-corrected chi connectivity index (χ3v) is 7.76. The van der Waals surface area contributed by atoms with Gasteiger partial charge in [-0.05, 0) is 35.7 Å². The molecule has 41 heavy (non-hydrogen) atoms. The maximum Gasteiger partial charge on any atom is 0.459 e. The highest BCUT2D eigenvalue weighted by molar-refractivity contribution is 7.52. The van der Waals surface area contributed by atoms with Gasteiger partial charge in [0.25, 0.3) is 0 Å². The van der Waals surface area contributed by atoms with E-state index in [9.17, 15) is 29.5 Å². The van der Waals surface area contributed by atoms with Crippen molar-refractivity contribution in [1.82, 2.24) is 10.4 Å². The van der Waals surface area contributed by atoms with Crippen LogP contribution in [0.3, 0.4) is 0 Å². The van der Waals surface area contributed by atoms with Crippen LogP contribution in [0.15, 0.2) is 54.6 Å². The van der Waals surface area contributed by atoms with Crippen molar-refractivity contribution >= 4 is 19.6 Å². The van der Waals surface area contributed by atoms with E-state index in [0.717, 1.165) is 5.56 Å². The Morgan fingerprint density at radius 3 is 2.22 bits per heavy atom. The van der Waals surface area contributed by atoms with E-state index < -0.39 is 68.8 Å². The van der Waals surface area contributed by atoms with Gasteiger partial charge in [-0.3, -0.25) is 14.1 Å².